The molecule has 0 unspecified atom stereocenters. The molecule has 1 amide bonds. The van der Waals surface area contributed by atoms with Crippen LogP contribution in [0.25, 0.3) is 0 Å². The lowest BCUT2D eigenvalue weighted by atomic mass is 10.1. The fourth-order valence-electron chi connectivity index (χ4n) is 4.27. The lowest BCUT2D eigenvalue weighted by Gasteiger charge is -2.32. The number of nitrogens with zero attached hydrogens (tertiary/aromatic N) is 2. The Balaban J connectivity index is 1.75. The summed E-state index contributed by atoms with van der Waals surface area (Å²) in [7, 11) is -2.28. The minimum atomic E-state index is -4.01. The van der Waals surface area contributed by atoms with Crippen LogP contribution in [0.2, 0.25) is 0 Å². The van der Waals surface area contributed by atoms with Crippen molar-refractivity contribution in [3.8, 4) is 5.75 Å². The summed E-state index contributed by atoms with van der Waals surface area (Å²) in [5.74, 6) is -0.332. The minimum Gasteiger partial charge on any atom is -0.491 e. The molecule has 1 heterocycles. The maximum atomic E-state index is 14.0. The number of amides is 1. The van der Waals surface area contributed by atoms with E-state index in [1.54, 1.807) is 36.2 Å². The van der Waals surface area contributed by atoms with Crippen LogP contribution in [0.4, 0.5) is 4.39 Å². The second-order valence-electron chi connectivity index (χ2n) is 8.66. The zero-order valence-corrected chi connectivity index (χ0v) is 20.5. The first kappa shape index (κ1) is 24.9. The summed E-state index contributed by atoms with van der Waals surface area (Å²) in [5.41, 5.74) is 1.39. The highest BCUT2D eigenvalue weighted by molar-refractivity contribution is 7.89. The van der Waals surface area contributed by atoms with E-state index in [-0.39, 0.29) is 24.0 Å². The van der Waals surface area contributed by atoms with E-state index < -0.39 is 21.9 Å². The van der Waals surface area contributed by atoms with Gasteiger partial charge >= 0.3 is 0 Å². The van der Waals surface area contributed by atoms with Crippen molar-refractivity contribution in [2.24, 2.45) is 0 Å². The number of ether oxygens (including phenoxy) is 1. The molecule has 0 saturated carbocycles. The van der Waals surface area contributed by atoms with Gasteiger partial charge in [0.25, 0.3) is 5.91 Å². The maximum Gasteiger partial charge on any atom is 0.257 e. The molecule has 0 spiro atoms. The highest BCUT2D eigenvalue weighted by atomic mass is 32.2. The average molecular weight is 497 g/mol. The Morgan fingerprint density at radius 2 is 1.66 bits per heavy atom. The van der Waals surface area contributed by atoms with Gasteiger partial charge in [0.2, 0.25) is 10.0 Å². The van der Waals surface area contributed by atoms with Crippen molar-refractivity contribution < 1.29 is 22.3 Å². The molecule has 184 valence electrons. The average Bonchev–Trinajstić information content (AvgIpc) is 2.86. The van der Waals surface area contributed by atoms with Crippen LogP contribution in [-0.2, 0) is 16.4 Å². The molecule has 1 aliphatic rings. The van der Waals surface area contributed by atoms with Crippen LogP contribution in [0.1, 0.15) is 28.8 Å². The highest BCUT2D eigenvalue weighted by Crippen LogP contribution is 2.26. The molecular weight excluding hydrogens is 467 g/mol. The Morgan fingerprint density at radius 1 is 0.943 bits per heavy atom. The number of fused-ring (bicyclic) bond motifs is 1. The Hall–Kier alpha value is -3.23. The third kappa shape index (κ3) is 5.89. The molecule has 3 aromatic rings. The number of hydrogen-bond acceptors (Lipinski definition) is 4. The number of para-hydroxylation sites is 1. The maximum absolute atomic E-state index is 14.0. The molecule has 35 heavy (non-hydrogen) atoms. The topological polar surface area (TPSA) is 66.9 Å². The molecule has 0 radical (unpaired) electrons. The minimum absolute atomic E-state index is 0.0391. The fraction of sp³-hybridized carbons (Fsp3) is 0.296. The first-order chi connectivity index (χ1) is 16.9. The first-order valence-electron chi connectivity index (χ1n) is 11.6. The summed E-state index contributed by atoms with van der Waals surface area (Å²) in [6.45, 7) is 0.741. The highest BCUT2D eigenvalue weighted by Gasteiger charge is 2.33. The first-order valence-corrected chi connectivity index (χ1v) is 13.1. The number of benzene rings is 3. The van der Waals surface area contributed by atoms with Gasteiger partial charge in [0, 0.05) is 20.1 Å². The molecule has 8 heteroatoms. The van der Waals surface area contributed by atoms with Crippen molar-refractivity contribution in [1.82, 2.24) is 9.21 Å². The number of hydrogen-bond donors (Lipinski definition) is 0. The summed E-state index contributed by atoms with van der Waals surface area (Å²) in [6.07, 6.45) is 1.57. The van der Waals surface area contributed by atoms with Gasteiger partial charge in [0.1, 0.15) is 18.2 Å². The van der Waals surface area contributed by atoms with Crippen LogP contribution in [0.3, 0.4) is 0 Å². The third-order valence-corrected chi connectivity index (χ3v) is 8.09. The van der Waals surface area contributed by atoms with Gasteiger partial charge in [-0.25, -0.2) is 12.8 Å². The number of halogens is 1. The van der Waals surface area contributed by atoms with Crippen molar-refractivity contribution in [2.75, 3.05) is 26.7 Å². The van der Waals surface area contributed by atoms with Crippen LogP contribution < -0.4 is 4.74 Å². The van der Waals surface area contributed by atoms with E-state index in [2.05, 4.69) is 0 Å². The summed E-state index contributed by atoms with van der Waals surface area (Å²) >= 11 is 0. The zero-order valence-electron chi connectivity index (χ0n) is 19.6. The number of carbonyl (C=O) groups is 1. The molecule has 1 atom stereocenters. The monoisotopic (exact) mass is 496 g/mol. The lowest BCUT2D eigenvalue weighted by Crippen LogP contribution is -2.46. The standard InChI is InChI=1S/C27H29FN2O4S/c1-29-16-7-8-17-30(35(32,33)24-13-9-12-22(28)19-24)23(18-21-10-3-2-4-11-21)20-34-26-15-6-5-14-25(26)27(29)31/h2-6,9-15,19,23H,7-8,16-18,20H2,1H3/t23-/m0/s1. The molecule has 4 rings (SSSR count). The van der Waals surface area contributed by atoms with Crippen molar-refractivity contribution in [3.05, 3.63) is 95.8 Å². The van der Waals surface area contributed by atoms with Crippen molar-refractivity contribution in [3.63, 3.8) is 0 Å². The number of carbonyl (C=O) groups excluding carboxylic acids is 1. The van der Waals surface area contributed by atoms with E-state index in [1.165, 1.54) is 22.5 Å². The van der Waals surface area contributed by atoms with Crippen molar-refractivity contribution in [2.45, 2.75) is 30.2 Å². The van der Waals surface area contributed by atoms with Gasteiger partial charge in [-0.3, -0.25) is 4.79 Å². The molecule has 0 N–H and O–H groups in total. The van der Waals surface area contributed by atoms with E-state index >= 15 is 0 Å². The molecular formula is C27H29FN2O4S. The largest absolute Gasteiger partial charge is 0.491 e. The molecule has 1 aliphatic heterocycles. The Morgan fingerprint density at radius 3 is 2.43 bits per heavy atom. The summed E-state index contributed by atoms with van der Waals surface area (Å²) in [5, 5.41) is 0. The van der Waals surface area contributed by atoms with E-state index in [9.17, 15) is 17.6 Å². The third-order valence-electron chi connectivity index (χ3n) is 6.14. The van der Waals surface area contributed by atoms with Gasteiger partial charge in [-0.05, 0) is 55.2 Å². The van der Waals surface area contributed by atoms with Crippen LogP contribution >= 0.6 is 0 Å². The van der Waals surface area contributed by atoms with Crippen LogP contribution in [0.5, 0.6) is 5.75 Å². The molecule has 0 bridgehead atoms. The van der Waals surface area contributed by atoms with E-state index in [4.69, 9.17) is 4.74 Å². The van der Waals surface area contributed by atoms with Gasteiger partial charge in [0.15, 0.2) is 0 Å². The quantitative estimate of drug-likeness (QED) is 0.538. The predicted molar refractivity (Wildman–Crippen MR) is 132 cm³/mol. The Kier molecular flexibility index (Phi) is 7.83. The molecule has 0 saturated heterocycles. The van der Waals surface area contributed by atoms with Gasteiger partial charge in [-0.15, -0.1) is 0 Å². The lowest BCUT2D eigenvalue weighted by molar-refractivity contribution is 0.0781. The SMILES string of the molecule is CN1CCCCN(S(=O)(=O)c2cccc(F)c2)[C@@H](Cc2ccccc2)COc2ccccc2C1=O. The van der Waals surface area contributed by atoms with Crippen LogP contribution in [0.15, 0.2) is 83.8 Å². The van der Waals surface area contributed by atoms with Crippen molar-refractivity contribution in [1.29, 1.82) is 0 Å². The molecule has 0 aliphatic carbocycles. The molecule has 0 fully saturated rings. The zero-order chi connectivity index (χ0) is 24.8. The fourth-order valence-corrected chi connectivity index (χ4v) is 5.95. The smallest absolute Gasteiger partial charge is 0.257 e. The summed E-state index contributed by atoms with van der Waals surface area (Å²) in [6, 6.07) is 21.1. The van der Waals surface area contributed by atoms with E-state index in [0.717, 1.165) is 11.6 Å². The predicted octanol–water partition coefficient (Wildman–Crippen LogP) is 4.37. The van der Waals surface area contributed by atoms with Gasteiger partial charge < -0.3 is 9.64 Å². The number of sulfonamides is 1. The Bertz CT molecular complexity index is 1270. The molecule has 3 aromatic carbocycles. The van der Waals surface area contributed by atoms with E-state index in [0.29, 0.717) is 37.1 Å². The van der Waals surface area contributed by atoms with Gasteiger partial charge in [0.05, 0.1) is 16.5 Å². The summed E-state index contributed by atoms with van der Waals surface area (Å²) < 4.78 is 49.0. The second-order valence-corrected chi connectivity index (χ2v) is 10.5. The van der Waals surface area contributed by atoms with Gasteiger partial charge in [-0.1, -0.05) is 48.5 Å². The Labute approximate surface area is 206 Å². The number of rotatable bonds is 4. The van der Waals surface area contributed by atoms with Gasteiger partial charge in [-0.2, -0.15) is 4.31 Å². The van der Waals surface area contributed by atoms with Crippen LogP contribution in [0, 0.1) is 5.82 Å². The van der Waals surface area contributed by atoms with E-state index in [1.807, 2.05) is 30.3 Å². The second kappa shape index (κ2) is 11.0. The molecule has 6 nitrogen and oxygen atoms in total. The normalized spacial score (nSPS) is 18.2. The molecule has 0 aromatic heterocycles. The van der Waals surface area contributed by atoms with Crippen molar-refractivity contribution >= 4 is 15.9 Å². The van der Waals surface area contributed by atoms with Crippen LogP contribution in [-0.4, -0.2) is 56.3 Å². The summed E-state index contributed by atoms with van der Waals surface area (Å²) in [4.78, 5) is 14.5.